The average Bonchev–Trinajstić information content (AvgIpc) is 3.23. The van der Waals surface area contributed by atoms with Gasteiger partial charge in [-0.2, -0.15) is 18.3 Å². The van der Waals surface area contributed by atoms with Gasteiger partial charge >= 0.3 is 24.1 Å². The van der Waals surface area contributed by atoms with Crippen LogP contribution in [0.4, 0.5) is 13.2 Å². The molecule has 0 aliphatic carbocycles. The van der Waals surface area contributed by atoms with Gasteiger partial charge in [-0.05, 0) is 49.7 Å². The predicted octanol–water partition coefficient (Wildman–Crippen LogP) is 3.73. The van der Waals surface area contributed by atoms with Crippen LogP contribution in [-0.2, 0) is 5.60 Å². The quantitative estimate of drug-likeness (QED) is 0.431. The van der Waals surface area contributed by atoms with Crippen LogP contribution in [0.3, 0.4) is 0 Å². The minimum absolute atomic E-state index is 0.00241. The van der Waals surface area contributed by atoms with Gasteiger partial charge in [0.15, 0.2) is 11.3 Å². The molecule has 3 aromatic rings. The molecule has 0 bridgehead atoms. The largest absolute Gasteiger partial charge is 0.478 e. The molecule has 0 amide bonds. The summed E-state index contributed by atoms with van der Waals surface area (Å²) >= 11 is 0. The first-order valence-electron chi connectivity index (χ1n) is 9.41. The first-order chi connectivity index (χ1) is 15.6. The summed E-state index contributed by atoms with van der Waals surface area (Å²) in [5, 5.41) is 39.5. The number of alkyl halides is 3. The van der Waals surface area contributed by atoms with Crippen molar-refractivity contribution in [1.82, 2.24) is 9.78 Å². The van der Waals surface area contributed by atoms with Gasteiger partial charge in [0.05, 0.1) is 16.8 Å². The van der Waals surface area contributed by atoms with E-state index in [4.69, 9.17) is 15.3 Å². The first-order valence-corrected chi connectivity index (χ1v) is 9.41. The van der Waals surface area contributed by atoms with Crippen molar-refractivity contribution in [3.63, 3.8) is 0 Å². The number of benzene rings is 2. The summed E-state index contributed by atoms with van der Waals surface area (Å²) in [5.41, 5.74) is -3.24. The number of aromatic nitrogens is 2. The fraction of sp³-hybridized carbons (Fsp3) is 0.182. The molecule has 1 atom stereocenters. The van der Waals surface area contributed by atoms with E-state index in [2.05, 4.69) is 5.10 Å². The van der Waals surface area contributed by atoms with E-state index < -0.39 is 35.2 Å². The van der Waals surface area contributed by atoms with E-state index in [0.29, 0.717) is 12.5 Å². The Morgan fingerprint density at radius 1 is 0.882 bits per heavy atom. The summed E-state index contributed by atoms with van der Waals surface area (Å²) in [6, 6.07) is 10.4. The molecule has 1 aromatic heterocycles. The Hall–Kier alpha value is -4.19. The van der Waals surface area contributed by atoms with Crippen molar-refractivity contribution in [2.45, 2.75) is 25.6 Å². The Balaban J connectivity index is 0.000000270. The molecule has 0 fully saturated rings. The molecule has 180 valence electrons. The zero-order valence-electron chi connectivity index (χ0n) is 17.7. The molecular weight excluding hydrogens is 461 g/mol. The standard InChI is InChI=1S/C13H11F3N2O3.C9H8O4/c1-12(21,13(14,15)16)8-4-2-3-5-10(8)18-7-6-9(17-18)11(19)20;1-5-2-6(8(10)11)4-7(3-5)9(12)13/h2-7,21H,1H3,(H,19,20);2-4H,1H3,(H,10,11)(H,12,13). The number of nitrogens with zero attached hydrogens (tertiary/aromatic N) is 2. The van der Waals surface area contributed by atoms with E-state index in [0.717, 1.165) is 22.9 Å². The molecule has 0 saturated heterocycles. The Morgan fingerprint density at radius 3 is 1.85 bits per heavy atom. The summed E-state index contributed by atoms with van der Waals surface area (Å²) in [4.78, 5) is 31.9. The van der Waals surface area contributed by atoms with E-state index in [1.54, 1.807) is 6.92 Å². The van der Waals surface area contributed by atoms with Crippen LogP contribution >= 0.6 is 0 Å². The minimum atomic E-state index is -4.88. The number of carboxylic acid groups (broad SMARTS) is 3. The third-order valence-electron chi connectivity index (χ3n) is 4.61. The van der Waals surface area contributed by atoms with Gasteiger partial charge in [-0.15, -0.1) is 0 Å². The monoisotopic (exact) mass is 480 g/mol. The summed E-state index contributed by atoms with van der Waals surface area (Å²) in [7, 11) is 0. The van der Waals surface area contributed by atoms with Gasteiger partial charge in [-0.3, -0.25) is 0 Å². The molecule has 1 heterocycles. The van der Waals surface area contributed by atoms with E-state index >= 15 is 0 Å². The smallest absolute Gasteiger partial charge is 0.421 e. The van der Waals surface area contributed by atoms with Crippen molar-refractivity contribution in [3.8, 4) is 5.69 Å². The molecule has 0 radical (unpaired) electrons. The number of halogens is 3. The Bertz CT molecular complexity index is 1200. The number of carboxylic acids is 3. The van der Waals surface area contributed by atoms with E-state index in [-0.39, 0.29) is 22.5 Å². The number of hydrogen-bond acceptors (Lipinski definition) is 5. The number of rotatable bonds is 5. The molecule has 9 nitrogen and oxygen atoms in total. The SMILES string of the molecule is CC(O)(c1ccccc1-n1ccc(C(=O)O)n1)C(F)(F)F.Cc1cc(C(=O)O)cc(C(=O)O)c1. The normalized spacial score (nSPS) is 12.8. The molecular formula is C22H19F3N2O7. The van der Waals surface area contributed by atoms with Gasteiger partial charge in [0.1, 0.15) is 0 Å². The Labute approximate surface area is 190 Å². The van der Waals surface area contributed by atoms with Gasteiger partial charge < -0.3 is 20.4 Å². The Morgan fingerprint density at radius 2 is 1.41 bits per heavy atom. The van der Waals surface area contributed by atoms with Crippen LogP contribution in [0.2, 0.25) is 0 Å². The van der Waals surface area contributed by atoms with Crippen molar-refractivity contribution in [2.75, 3.05) is 0 Å². The molecule has 2 aromatic carbocycles. The highest BCUT2D eigenvalue weighted by atomic mass is 19.4. The number of aryl methyl sites for hydroxylation is 1. The topological polar surface area (TPSA) is 150 Å². The first kappa shape index (κ1) is 26.1. The van der Waals surface area contributed by atoms with Crippen LogP contribution in [0.5, 0.6) is 0 Å². The third-order valence-corrected chi connectivity index (χ3v) is 4.61. The number of para-hydroxylation sites is 1. The lowest BCUT2D eigenvalue weighted by atomic mass is 9.93. The van der Waals surface area contributed by atoms with Gasteiger partial charge in [0.25, 0.3) is 0 Å². The van der Waals surface area contributed by atoms with Crippen LogP contribution in [-0.4, -0.2) is 54.3 Å². The van der Waals surface area contributed by atoms with Crippen molar-refractivity contribution in [1.29, 1.82) is 0 Å². The van der Waals surface area contributed by atoms with E-state index in [1.165, 1.54) is 36.5 Å². The number of aliphatic hydroxyl groups is 1. The van der Waals surface area contributed by atoms with Gasteiger partial charge in [-0.1, -0.05) is 18.2 Å². The van der Waals surface area contributed by atoms with Crippen LogP contribution in [0, 0.1) is 6.92 Å². The van der Waals surface area contributed by atoms with Crippen molar-refractivity contribution < 1.29 is 48.0 Å². The zero-order chi connectivity index (χ0) is 25.8. The molecule has 0 spiro atoms. The maximum atomic E-state index is 13.0. The van der Waals surface area contributed by atoms with Gasteiger partial charge in [0, 0.05) is 11.8 Å². The fourth-order valence-electron chi connectivity index (χ4n) is 2.84. The second-order valence-electron chi connectivity index (χ2n) is 7.24. The maximum absolute atomic E-state index is 13.0. The van der Waals surface area contributed by atoms with Crippen LogP contribution in [0.25, 0.3) is 5.69 Å². The molecule has 0 saturated carbocycles. The molecule has 4 N–H and O–H groups in total. The van der Waals surface area contributed by atoms with E-state index in [1.807, 2.05) is 0 Å². The molecule has 12 heteroatoms. The average molecular weight is 480 g/mol. The lowest BCUT2D eigenvalue weighted by Crippen LogP contribution is -2.40. The van der Waals surface area contributed by atoms with Crippen molar-refractivity contribution in [2.24, 2.45) is 0 Å². The number of carbonyl (C=O) groups is 3. The van der Waals surface area contributed by atoms with E-state index in [9.17, 15) is 32.7 Å². The van der Waals surface area contributed by atoms with Gasteiger partial charge in [-0.25, -0.2) is 19.1 Å². The second kappa shape index (κ2) is 9.75. The summed E-state index contributed by atoms with van der Waals surface area (Å²) in [6.07, 6.45) is -3.67. The molecule has 34 heavy (non-hydrogen) atoms. The highest BCUT2D eigenvalue weighted by Gasteiger charge is 2.52. The van der Waals surface area contributed by atoms with Crippen LogP contribution < -0.4 is 0 Å². The molecule has 3 rings (SSSR count). The molecule has 1 unspecified atom stereocenters. The highest BCUT2D eigenvalue weighted by Crippen LogP contribution is 2.40. The highest BCUT2D eigenvalue weighted by molar-refractivity contribution is 5.94. The summed E-state index contributed by atoms with van der Waals surface area (Å²) < 4.78 is 39.9. The van der Waals surface area contributed by atoms with Crippen molar-refractivity contribution in [3.05, 3.63) is 82.7 Å². The lowest BCUT2D eigenvalue weighted by molar-refractivity contribution is -0.258. The zero-order valence-corrected chi connectivity index (χ0v) is 17.7. The van der Waals surface area contributed by atoms with Crippen LogP contribution in [0.15, 0.2) is 54.7 Å². The Kier molecular flexibility index (Phi) is 7.47. The lowest BCUT2D eigenvalue weighted by Gasteiger charge is -2.28. The maximum Gasteiger partial charge on any atom is 0.421 e. The van der Waals surface area contributed by atoms with Crippen molar-refractivity contribution >= 4 is 17.9 Å². The fourth-order valence-corrected chi connectivity index (χ4v) is 2.84. The predicted molar refractivity (Wildman–Crippen MR) is 111 cm³/mol. The molecule has 0 aliphatic heterocycles. The van der Waals surface area contributed by atoms with Crippen LogP contribution in [0.1, 0.15) is 49.3 Å². The summed E-state index contributed by atoms with van der Waals surface area (Å²) in [5.74, 6) is -3.54. The summed E-state index contributed by atoms with van der Waals surface area (Å²) in [6.45, 7) is 2.28. The molecule has 0 aliphatic rings. The number of aromatic carboxylic acids is 3. The minimum Gasteiger partial charge on any atom is -0.478 e. The third kappa shape index (κ3) is 5.78. The van der Waals surface area contributed by atoms with Gasteiger partial charge in [0.2, 0.25) is 0 Å². The number of hydrogen-bond donors (Lipinski definition) is 4. The second-order valence-corrected chi connectivity index (χ2v) is 7.24.